The molecule has 1 aliphatic heterocycles. The first kappa shape index (κ1) is 22.5. The Morgan fingerprint density at radius 1 is 1.06 bits per heavy atom. The maximum Gasteiger partial charge on any atom is 0.253 e. The summed E-state index contributed by atoms with van der Waals surface area (Å²) in [5.41, 5.74) is 2.25. The van der Waals surface area contributed by atoms with Crippen LogP contribution in [0.25, 0.3) is 0 Å². The van der Waals surface area contributed by atoms with Crippen molar-refractivity contribution in [3.63, 3.8) is 0 Å². The van der Waals surface area contributed by atoms with Gasteiger partial charge < -0.3 is 15.1 Å². The third-order valence-corrected chi connectivity index (χ3v) is 5.65. The maximum absolute atomic E-state index is 13.1. The van der Waals surface area contributed by atoms with E-state index in [1.807, 2.05) is 31.2 Å². The fraction of sp³-hybridized carbons (Fsp3) is 0.375. The molecule has 6 nitrogen and oxygen atoms in total. The molecule has 0 atom stereocenters. The average Bonchev–Trinajstić information content (AvgIpc) is 2.79. The Balaban J connectivity index is 1.50. The summed E-state index contributed by atoms with van der Waals surface area (Å²) in [5, 5.41) is 2.88. The van der Waals surface area contributed by atoms with Gasteiger partial charge in [-0.05, 0) is 55.2 Å². The number of aryl methyl sites for hydroxylation is 1. The number of carbonyl (C=O) groups is 3. The summed E-state index contributed by atoms with van der Waals surface area (Å²) in [4.78, 5) is 40.9. The number of nitrogens with zero attached hydrogens (tertiary/aromatic N) is 2. The lowest BCUT2D eigenvalue weighted by Gasteiger charge is -2.33. The second-order valence-electron chi connectivity index (χ2n) is 7.83. The van der Waals surface area contributed by atoms with E-state index in [9.17, 15) is 18.8 Å². The largest absolute Gasteiger partial charge is 0.339 e. The molecule has 7 heteroatoms. The van der Waals surface area contributed by atoms with Gasteiger partial charge in [0.2, 0.25) is 11.8 Å². The van der Waals surface area contributed by atoms with Crippen LogP contribution in [0.2, 0.25) is 0 Å². The van der Waals surface area contributed by atoms with Crippen LogP contribution in [0, 0.1) is 11.7 Å². The molecule has 0 aliphatic carbocycles. The smallest absolute Gasteiger partial charge is 0.253 e. The highest BCUT2D eigenvalue weighted by Gasteiger charge is 2.30. The molecule has 1 aliphatic rings. The molecular weight excluding hydrogens is 397 g/mol. The van der Waals surface area contributed by atoms with Gasteiger partial charge in [0.1, 0.15) is 5.82 Å². The zero-order valence-electron chi connectivity index (χ0n) is 17.9. The van der Waals surface area contributed by atoms with E-state index in [1.54, 1.807) is 11.9 Å². The zero-order chi connectivity index (χ0) is 22.4. The first-order valence-electron chi connectivity index (χ1n) is 10.6. The van der Waals surface area contributed by atoms with E-state index in [4.69, 9.17) is 0 Å². The fourth-order valence-electron chi connectivity index (χ4n) is 3.85. The quantitative estimate of drug-likeness (QED) is 0.772. The van der Waals surface area contributed by atoms with Crippen molar-refractivity contribution in [1.29, 1.82) is 0 Å². The van der Waals surface area contributed by atoms with Gasteiger partial charge in [0, 0.05) is 37.3 Å². The van der Waals surface area contributed by atoms with Crippen LogP contribution in [0.3, 0.4) is 0 Å². The monoisotopic (exact) mass is 425 g/mol. The Morgan fingerprint density at radius 2 is 1.71 bits per heavy atom. The molecule has 0 aromatic heterocycles. The van der Waals surface area contributed by atoms with E-state index >= 15 is 0 Å². The number of hydrogen-bond acceptors (Lipinski definition) is 3. The summed E-state index contributed by atoms with van der Waals surface area (Å²) in [6, 6.07) is 13.1. The molecule has 1 N–H and O–H groups in total. The van der Waals surface area contributed by atoms with Gasteiger partial charge in [-0.25, -0.2) is 4.39 Å². The second-order valence-corrected chi connectivity index (χ2v) is 7.83. The van der Waals surface area contributed by atoms with E-state index in [1.165, 1.54) is 29.2 Å². The van der Waals surface area contributed by atoms with Crippen LogP contribution in [0.5, 0.6) is 0 Å². The van der Waals surface area contributed by atoms with Crippen LogP contribution in [0.4, 0.5) is 10.1 Å². The zero-order valence-corrected chi connectivity index (χ0v) is 17.9. The van der Waals surface area contributed by atoms with E-state index in [0.717, 1.165) is 17.7 Å². The van der Waals surface area contributed by atoms with Gasteiger partial charge in [-0.2, -0.15) is 0 Å². The standard InChI is InChI=1S/C24H28FN3O3/c1-3-17-6-4-5-7-21(17)26-22(29)16-27(2)23(30)19-12-14-28(15-13-19)24(31)18-8-10-20(25)11-9-18/h4-11,19H,3,12-16H2,1-2H3,(H,26,29). The molecule has 164 valence electrons. The van der Waals surface area contributed by atoms with Crippen molar-refractivity contribution in [3.05, 3.63) is 65.5 Å². The first-order valence-corrected chi connectivity index (χ1v) is 10.6. The highest BCUT2D eigenvalue weighted by molar-refractivity contribution is 5.96. The lowest BCUT2D eigenvalue weighted by Crippen LogP contribution is -2.45. The molecule has 2 aromatic rings. The van der Waals surface area contributed by atoms with Gasteiger partial charge in [0.15, 0.2) is 0 Å². The predicted molar refractivity (Wildman–Crippen MR) is 117 cm³/mol. The summed E-state index contributed by atoms with van der Waals surface area (Å²) in [7, 11) is 1.63. The topological polar surface area (TPSA) is 69.7 Å². The van der Waals surface area contributed by atoms with Crippen LogP contribution in [-0.2, 0) is 16.0 Å². The number of halogens is 1. The molecule has 3 amide bonds. The van der Waals surface area contributed by atoms with Crippen molar-refractivity contribution in [2.45, 2.75) is 26.2 Å². The summed E-state index contributed by atoms with van der Waals surface area (Å²) in [6.45, 7) is 2.91. The summed E-state index contributed by atoms with van der Waals surface area (Å²) < 4.78 is 13.1. The van der Waals surface area contributed by atoms with Crippen LogP contribution < -0.4 is 5.32 Å². The van der Waals surface area contributed by atoms with Gasteiger partial charge in [0.05, 0.1) is 6.54 Å². The molecule has 0 saturated carbocycles. The first-order chi connectivity index (χ1) is 14.9. The number of piperidine rings is 1. The Hall–Kier alpha value is -3.22. The predicted octanol–water partition coefficient (Wildman–Crippen LogP) is 3.34. The van der Waals surface area contributed by atoms with E-state index < -0.39 is 0 Å². The average molecular weight is 426 g/mol. The van der Waals surface area contributed by atoms with Gasteiger partial charge in [-0.15, -0.1) is 0 Å². The Bertz CT molecular complexity index is 937. The SMILES string of the molecule is CCc1ccccc1NC(=O)CN(C)C(=O)C1CCN(C(=O)c2ccc(F)cc2)CC1. The molecule has 3 rings (SSSR count). The normalized spacial score (nSPS) is 14.2. The molecule has 31 heavy (non-hydrogen) atoms. The minimum absolute atomic E-state index is 0.0222. The summed E-state index contributed by atoms with van der Waals surface area (Å²) in [6.07, 6.45) is 1.88. The maximum atomic E-state index is 13.1. The lowest BCUT2D eigenvalue weighted by atomic mass is 9.95. The number of hydrogen-bond donors (Lipinski definition) is 1. The number of benzene rings is 2. The molecule has 0 bridgehead atoms. The number of rotatable bonds is 6. The minimum Gasteiger partial charge on any atom is -0.339 e. The van der Waals surface area contributed by atoms with Crippen molar-refractivity contribution in [1.82, 2.24) is 9.80 Å². The Labute approximate surface area is 182 Å². The summed E-state index contributed by atoms with van der Waals surface area (Å²) >= 11 is 0. The van der Waals surface area contributed by atoms with Gasteiger partial charge in [-0.3, -0.25) is 14.4 Å². The lowest BCUT2D eigenvalue weighted by molar-refractivity contribution is -0.138. The summed E-state index contributed by atoms with van der Waals surface area (Å²) in [5.74, 6) is -1.09. The number of nitrogens with one attached hydrogen (secondary N) is 1. The molecule has 1 heterocycles. The van der Waals surface area contributed by atoms with Crippen molar-refractivity contribution < 1.29 is 18.8 Å². The van der Waals surface area contributed by atoms with Crippen LogP contribution in [0.1, 0.15) is 35.7 Å². The highest BCUT2D eigenvalue weighted by atomic mass is 19.1. The highest BCUT2D eigenvalue weighted by Crippen LogP contribution is 2.21. The molecule has 0 radical (unpaired) electrons. The molecule has 2 aromatic carbocycles. The van der Waals surface area contributed by atoms with E-state index in [-0.39, 0.29) is 36.0 Å². The van der Waals surface area contributed by atoms with Crippen LogP contribution in [-0.4, -0.2) is 54.2 Å². The van der Waals surface area contributed by atoms with Crippen molar-refractivity contribution >= 4 is 23.4 Å². The number of likely N-dealkylation sites (tertiary alicyclic amines) is 1. The number of carbonyl (C=O) groups excluding carboxylic acids is 3. The number of likely N-dealkylation sites (N-methyl/N-ethyl adjacent to an activating group) is 1. The minimum atomic E-state index is -0.383. The third-order valence-electron chi connectivity index (χ3n) is 5.65. The van der Waals surface area contributed by atoms with E-state index in [0.29, 0.717) is 31.5 Å². The Morgan fingerprint density at radius 3 is 2.35 bits per heavy atom. The molecule has 1 fully saturated rings. The van der Waals surface area contributed by atoms with Crippen LogP contribution >= 0.6 is 0 Å². The molecular formula is C24H28FN3O3. The van der Waals surface area contributed by atoms with Gasteiger partial charge in [0.25, 0.3) is 5.91 Å². The molecule has 0 spiro atoms. The van der Waals surface area contributed by atoms with Crippen LogP contribution in [0.15, 0.2) is 48.5 Å². The van der Waals surface area contributed by atoms with Crippen molar-refractivity contribution in [3.8, 4) is 0 Å². The Kier molecular flexibility index (Phi) is 7.39. The number of anilines is 1. The molecule has 1 saturated heterocycles. The molecule has 0 unspecified atom stereocenters. The third kappa shape index (κ3) is 5.69. The van der Waals surface area contributed by atoms with Gasteiger partial charge in [-0.1, -0.05) is 25.1 Å². The van der Waals surface area contributed by atoms with Crippen molar-refractivity contribution in [2.75, 3.05) is 32.0 Å². The van der Waals surface area contributed by atoms with Gasteiger partial charge >= 0.3 is 0 Å². The number of para-hydroxylation sites is 1. The second kappa shape index (κ2) is 10.2. The number of amides is 3. The van der Waals surface area contributed by atoms with E-state index in [2.05, 4.69) is 5.32 Å². The fourth-order valence-corrected chi connectivity index (χ4v) is 3.85. The van der Waals surface area contributed by atoms with Crippen molar-refractivity contribution in [2.24, 2.45) is 5.92 Å².